The van der Waals surface area contributed by atoms with Crippen LogP contribution in [0.2, 0.25) is 0 Å². The number of benzene rings is 2. The standard InChI is InChI=1S/C21H23N3O/c1-3-23-14-17-12-22-20-18(10-7-11-19(20)25-2)21(17)24(15-23)13-16-8-5-4-6-9-16/h4-12H,3,13-15H2,1-2H3. The molecule has 0 bridgehead atoms. The van der Waals surface area contributed by atoms with Crippen molar-refractivity contribution in [1.82, 2.24) is 9.88 Å². The Hall–Kier alpha value is -2.59. The zero-order valence-electron chi connectivity index (χ0n) is 14.8. The van der Waals surface area contributed by atoms with E-state index in [1.165, 1.54) is 22.2 Å². The van der Waals surface area contributed by atoms with Crippen LogP contribution in [-0.2, 0) is 13.1 Å². The van der Waals surface area contributed by atoms with Crippen LogP contribution in [0.1, 0.15) is 18.1 Å². The van der Waals surface area contributed by atoms with Crippen molar-refractivity contribution in [2.24, 2.45) is 0 Å². The average molecular weight is 333 g/mol. The molecule has 1 aliphatic rings. The second-order valence-electron chi connectivity index (χ2n) is 6.46. The summed E-state index contributed by atoms with van der Waals surface area (Å²) in [6, 6.07) is 16.8. The molecule has 0 amide bonds. The Kier molecular flexibility index (Phi) is 4.28. The maximum absolute atomic E-state index is 5.52. The second kappa shape index (κ2) is 6.73. The third-order valence-corrected chi connectivity index (χ3v) is 4.87. The summed E-state index contributed by atoms with van der Waals surface area (Å²) in [6.45, 7) is 6.00. The molecule has 0 spiro atoms. The lowest BCUT2D eigenvalue weighted by Gasteiger charge is -2.38. The monoisotopic (exact) mass is 333 g/mol. The molecule has 1 aromatic heterocycles. The SMILES string of the molecule is CCN1Cc2cnc3c(OC)cccc3c2N(Cc2ccccc2)C1. The van der Waals surface area contributed by atoms with Gasteiger partial charge in [0.25, 0.3) is 0 Å². The quantitative estimate of drug-likeness (QED) is 0.720. The van der Waals surface area contributed by atoms with E-state index in [0.29, 0.717) is 0 Å². The van der Waals surface area contributed by atoms with Gasteiger partial charge in [-0.25, -0.2) is 0 Å². The van der Waals surface area contributed by atoms with E-state index in [0.717, 1.165) is 37.6 Å². The third kappa shape index (κ3) is 2.94. The largest absolute Gasteiger partial charge is 0.494 e. The number of nitrogens with zero attached hydrogens (tertiary/aromatic N) is 3. The number of hydrogen-bond acceptors (Lipinski definition) is 4. The molecule has 0 fully saturated rings. The minimum absolute atomic E-state index is 0.831. The first-order chi connectivity index (χ1) is 12.3. The van der Waals surface area contributed by atoms with Crippen LogP contribution in [0.25, 0.3) is 10.9 Å². The Bertz CT molecular complexity index is 879. The van der Waals surface area contributed by atoms with Crippen molar-refractivity contribution >= 4 is 16.6 Å². The molecule has 0 atom stereocenters. The van der Waals surface area contributed by atoms with Crippen molar-refractivity contribution in [1.29, 1.82) is 0 Å². The molecule has 4 heteroatoms. The molecule has 0 unspecified atom stereocenters. The molecular formula is C21H23N3O. The first-order valence-corrected chi connectivity index (χ1v) is 8.76. The molecule has 2 aromatic carbocycles. The number of anilines is 1. The number of fused-ring (bicyclic) bond motifs is 3. The molecule has 0 saturated carbocycles. The lowest BCUT2D eigenvalue weighted by atomic mass is 10.0. The number of methoxy groups -OCH3 is 1. The van der Waals surface area contributed by atoms with E-state index in [1.54, 1.807) is 7.11 Å². The molecule has 3 aromatic rings. The summed E-state index contributed by atoms with van der Waals surface area (Å²) in [5, 5.41) is 1.17. The van der Waals surface area contributed by atoms with Gasteiger partial charge in [-0.2, -0.15) is 0 Å². The number of rotatable bonds is 4. The molecule has 4 rings (SSSR count). The molecule has 0 aliphatic carbocycles. The fourth-order valence-electron chi connectivity index (χ4n) is 3.62. The highest BCUT2D eigenvalue weighted by atomic mass is 16.5. The maximum atomic E-state index is 5.52. The molecule has 25 heavy (non-hydrogen) atoms. The van der Waals surface area contributed by atoms with Crippen LogP contribution in [0.3, 0.4) is 0 Å². The summed E-state index contributed by atoms with van der Waals surface area (Å²) in [6.07, 6.45) is 2.01. The van der Waals surface area contributed by atoms with Crippen LogP contribution in [-0.4, -0.2) is 30.2 Å². The molecule has 0 saturated heterocycles. The molecule has 0 radical (unpaired) electrons. The van der Waals surface area contributed by atoms with Crippen LogP contribution in [0.15, 0.2) is 54.7 Å². The zero-order chi connectivity index (χ0) is 17.2. The molecule has 128 valence electrons. The maximum Gasteiger partial charge on any atom is 0.145 e. The van der Waals surface area contributed by atoms with Gasteiger partial charge in [0.2, 0.25) is 0 Å². The molecule has 2 heterocycles. The second-order valence-corrected chi connectivity index (χ2v) is 6.46. The highest BCUT2D eigenvalue weighted by Crippen LogP contribution is 2.37. The predicted octanol–water partition coefficient (Wildman–Crippen LogP) is 4.04. The molecule has 0 N–H and O–H groups in total. The van der Waals surface area contributed by atoms with Gasteiger partial charge >= 0.3 is 0 Å². The van der Waals surface area contributed by atoms with E-state index < -0.39 is 0 Å². The number of para-hydroxylation sites is 1. The number of ether oxygens (including phenoxy) is 1. The Morgan fingerprint density at radius 2 is 1.92 bits per heavy atom. The smallest absolute Gasteiger partial charge is 0.145 e. The topological polar surface area (TPSA) is 28.6 Å². The van der Waals surface area contributed by atoms with Crippen LogP contribution >= 0.6 is 0 Å². The van der Waals surface area contributed by atoms with Gasteiger partial charge in [0.1, 0.15) is 11.3 Å². The average Bonchev–Trinajstić information content (AvgIpc) is 2.67. The van der Waals surface area contributed by atoms with Gasteiger partial charge in [-0.15, -0.1) is 0 Å². The Morgan fingerprint density at radius 3 is 2.68 bits per heavy atom. The number of aromatic nitrogens is 1. The van der Waals surface area contributed by atoms with E-state index >= 15 is 0 Å². The Balaban J connectivity index is 1.85. The lowest BCUT2D eigenvalue weighted by Crippen LogP contribution is -2.42. The highest BCUT2D eigenvalue weighted by molar-refractivity contribution is 5.96. The minimum Gasteiger partial charge on any atom is -0.494 e. The molecular weight excluding hydrogens is 310 g/mol. The van der Waals surface area contributed by atoms with Gasteiger partial charge in [-0.05, 0) is 18.2 Å². The summed E-state index contributed by atoms with van der Waals surface area (Å²) < 4.78 is 5.52. The van der Waals surface area contributed by atoms with Gasteiger partial charge in [-0.1, -0.05) is 49.4 Å². The number of hydrogen-bond donors (Lipinski definition) is 0. The number of pyridine rings is 1. The van der Waals surface area contributed by atoms with E-state index in [9.17, 15) is 0 Å². The van der Waals surface area contributed by atoms with E-state index in [-0.39, 0.29) is 0 Å². The van der Waals surface area contributed by atoms with Crippen LogP contribution < -0.4 is 9.64 Å². The van der Waals surface area contributed by atoms with Gasteiger partial charge in [-0.3, -0.25) is 9.88 Å². The molecule has 1 aliphatic heterocycles. The Morgan fingerprint density at radius 1 is 1.08 bits per heavy atom. The fraction of sp³-hybridized carbons (Fsp3) is 0.286. The van der Waals surface area contributed by atoms with E-state index in [2.05, 4.69) is 59.2 Å². The Labute approximate surface area is 148 Å². The fourth-order valence-corrected chi connectivity index (χ4v) is 3.62. The molecule has 4 nitrogen and oxygen atoms in total. The first-order valence-electron chi connectivity index (χ1n) is 8.76. The zero-order valence-corrected chi connectivity index (χ0v) is 14.8. The van der Waals surface area contributed by atoms with Crippen molar-refractivity contribution in [3.63, 3.8) is 0 Å². The summed E-state index contributed by atoms with van der Waals surface area (Å²) in [7, 11) is 1.70. The summed E-state index contributed by atoms with van der Waals surface area (Å²) in [4.78, 5) is 9.60. The first kappa shape index (κ1) is 15.9. The van der Waals surface area contributed by atoms with Crippen molar-refractivity contribution in [3.05, 3.63) is 65.9 Å². The van der Waals surface area contributed by atoms with Gasteiger partial charge in [0, 0.05) is 30.2 Å². The van der Waals surface area contributed by atoms with Gasteiger partial charge in [0.05, 0.1) is 19.5 Å². The third-order valence-electron chi connectivity index (χ3n) is 4.87. The summed E-state index contributed by atoms with van der Waals surface area (Å²) in [5.41, 5.74) is 4.83. The minimum atomic E-state index is 0.831. The van der Waals surface area contributed by atoms with Crippen LogP contribution in [0, 0.1) is 0 Å². The lowest BCUT2D eigenvalue weighted by molar-refractivity contribution is 0.264. The van der Waals surface area contributed by atoms with Crippen molar-refractivity contribution in [2.45, 2.75) is 20.0 Å². The van der Waals surface area contributed by atoms with Gasteiger partial charge in [0.15, 0.2) is 0 Å². The summed E-state index contributed by atoms with van der Waals surface area (Å²) >= 11 is 0. The van der Waals surface area contributed by atoms with E-state index in [4.69, 9.17) is 9.72 Å². The van der Waals surface area contributed by atoms with Crippen LogP contribution in [0.5, 0.6) is 5.75 Å². The predicted molar refractivity (Wildman–Crippen MR) is 102 cm³/mol. The summed E-state index contributed by atoms with van der Waals surface area (Å²) in [5.74, 6) is 0.831. The van der Waals surface area contributed by atoms with Crippen molar-refractivity contribution in [3.8, 4) is 5.75 Å². The van der Waals surface area contributed by atoms with E-state index in [1.807, 2.05) is 12.3 Å². The normalized spacial score (nSPS) is 14.6. The van der Waals surface area contributed by atoms with Crippen molar-refractivity contribution < 1.29 is 4.74 Å². The van der Waals surface area contributed by atoms with Crippen LogP contribution in [0.4, 0.5) is 5.69 Å². The van der Waals surface area contributed by atoms with Gasteiger partial charge < -0.3 is 9.64 Å². The van der Waals surface area contributed by atoms with Crippen molar-refractivity contribution in [2.75, 3.05) is 25.2 Å². The highest BCUT2D eigenvalue weighted by Gasteiger charge is 2.25.